The van der Waals surface area contributed by atoms with Crippen LogP contribution in [0.1, 0.15) is 86.0 Å². The third-order valence-corrected chi connectivity index (χ3v) is 20.7. The molecule has 7 aliphatic rings. The number of likely N-dealkylation sites (N-methyl/N-ethyl adjacent to an activating group) is 1. The SMILES string of the molecule is CC1CC(O)C(COP([O-])(=S)OC2CC(C)OC2CO)O1.[2H]B(C)[SiH3].[2H]S(C[B][3H])(CC1OC(C)CC1OP(=S)(OCC1OC(C)CC1O[3H])OC1[C@H]2OC3(CCCC3)O[C@H]2O[C@@H]1CNCC)I=O. The van der Waals surface area contributed by atoms with Gasteiger partial charge in [0.2, 0.25) is 1.43 Å². The van der Waals surface area contributed by atoms with Gasteiger partial charge in [0, 0.05) is 50.8 Å². The molecule has 6 heterocycles. The minimum absolute atomic E-state index is 0.00667. The topological polar surface area (TPSA) is 224 Å². The molecule has 0 aromatic heterocycles. The van der Waals surface area contributed by atoms with Crippen LogP contribution in [0.5, 0.6) is 0 Å². The van der Waals surface area contributed by atoms with Crippen LogP contribution in [0.4, 0.5) is 0 Å². The van der Waals surface area contributed by atoms with E-state index in [1.165, 1.54) is 0 Å². The molecule has 6 aliphatic heterocycles. The summed E-state index contributed by atoms with van der Waals surface area (Å²) in [6, 6.07) is 0. The van der Waals surface area contributed by atoms with Crippen molar-refractivity contribution in [1.82, 2.24) is 5.32 Å². The average molecular weight is 1160 g/mol. The van der Waals surface area contributed by atoms with Crippen molar-refractivity contribution in [2.45, 2.75) is 196 Å². The molecule has 0 bridgehead atoms. The van der Waals surface area contributed by atoms with Crippen LogP contribution >= 0.6 is 41.2 Å². The molecule has 7 fully saturated rings. The van der Waals surface area contributed by atoms with Gasteiger partial charge in [-0.3, -0.25) is 7.59 Å². The molecule has 19 atom stereocenters. The zero-order valence-corrected chi connectivity index (χ0v) is 46.9. The number of aliphatic hydroxyl groups excluding tert-OH is 3. The second-order valence-electron chi connectivity index (χ2n) is 17.6. The first-order chi connectivity index (χ1) is 32.6. The van der Waals surface area contributed by atoms with Crippen molar-refractivity contribution in [3.05, 3.63) is 0 Å². The van der Waals surface area contributed by atoms with E-state index in [1.54, 1.807) is 0 Å². The monoisotopic (exact) mass is 1160 g/mol. The predicted octanol–water partition coefficient (Wildman–Crippen LogP) is 1.26. The summed E-state index contributed by atoms with van der Waals surface area (Å²) in [5, 5.41) is 27.2. The number of hydrogen-bond donors (Lipinski definition) is 5. The fourth-order valence-electron chi connectivity index (χ4n) is 8.87. The summed E-state index contributed by atoms with van der Waals surface area (Å²) < 4.78 is 115. The van der Waals surface area contributed by atoms with E-state index in [9.17, 15) is 18.2 Å². The number of halogens is 1. The molecule has 1 spiro atoms. The molecule has 65 heavy (non-hydrogen) atoms. The smallest absolute Gasteiger partial charge is 0.328 e. The fourth-order valence-corrected chi connectivity index (χ4v) is 15.6. The summed E-state index contributed by atoms with van der Waals surface area (Å²) in [4.78, 5) is 12.2. The van der Waals surface area contributed by atoms with Gasteiger partial charge in [0.1, 0.15) is 50.2 Å². The van der Waals surface area contributed by atoms with E-state index in [2.05, 4.69) is 5.32 Å². The van der Waals surface area contributed by atoms with Crippen LogP contribution in [0, 0.1) is 0 Å². The molecule has 7 rings (SSSR count). The fraction of sp³-hybridized carbons (Fsp3) is 1.00. The molecule has 0 amide bonds. The normalized spacial score (nSPS) is 42.5. The lowest BCUT2D eigenvalue weighted by Crippen LogP contribution is -2.42. The number of nitrogens with one attached hydrogen (secondary N) is 1. The van der Waals surface area contributed by atoms with E-state index in [0.717, 1.165) is 50.2 Å². The van der Waals surface area contributed by atoms with Crippen LogP contribution in [0.2, 0.25) is 6.82 Å². The van der Waals surface area contributed by atoms with Gasteiger partial charge in [-0.1, -0.05) is 25.6 Å². The summed E-state index contributed by atoms with van der Waals surface area (Å²) in [5.41, 5.74) is 0.144. The summed E-state index contributed by atoms with van der Waals surface area (Å²) in [6.45, 7) is 5.22. The molecular weight excluding hydrogens is 1080 g/mol. The van der Waals surface area contributed by atoms with Gasteiger partial charge >= 0.3 is 6.72 Å². The Bertz CT molecular complexity index is 1700. The summed E-state index contributed by atoms with van der Waals surface area (Å²) in [6.07, 6.45) is -1.50. The highest BCUT2D eigenvalue weighted by Gasteiger charge is 2.60. The minimum Gasteiger partial charge on any atom is -0.780 e. The maximum atomic E-state index is 12.2. The van der Waals surface area contributed by atoms with Gasteiger partial charge in [0.15, 0.2) is 31.9 Å². The van der Waals surface area contributed by atoms with Crippen molar-refractivity contribution >= 4 is 89.6 Å². The number of rotatable bonds is 22. The third-order valence-electron chi connectivity index (χ3n) is 11.8. The average Bonchev–Trinajstić information content (AvgIpc) is 4.16. The van der Waals surface area contributed by atoms with Crippen molar-refractivity contribution in [2.75, 3.05) is 44.3 Å². The van der Waals surface area contributed by atoms with Crippen LogP contribution in [-0.2, 0) is 82.5 Å². The van der Waals surface area contributed by atoms with Gasteiger partial charge in [0.05, 0.1) is 83.7 Å². The van der Waals surface area contributed by atoms with E-state index in [4.69, 9.17) is 89.7 Å². The Morgan fingerprint density at radius 2 is 1.54 bits per heavy atom. The zero-order valence-electron chi connectivity index (χ0n) is 42.5. The first kappa shape index (κ1) is 51.7. The first-order valence-electron chi connectivity index (χ1n) is 24.8. The predicted molar refractivity (Wildman–Crippen MR) is 268 cm³/mol. The Morgan fingerprint density at radius 1 is 0.954 bits per heavy atom. The molecular formula is C38H74B2INO17P2S3Si-. The Balaban J connectivity index is 0.000000295. The van der Waals surface area contributed by atoms with Crippen molar-refractivity contribution in [2.24, 2.45) is 0 Å². The number of aliphatic hydroxyl groups is 3. The summed E-state index contributed by atoms with van der Waals surface area (Å²) in [7, 11) is -0.132. The van der Waals surface area contributed by atoms with E-state index in [0.29, 0.717) is 32.2 Å². The second kappa shape index (κ2) is 27.2. The van der Waals surface area contributed by atoms with Gasteiger partial charge in [-0.25, -0.2) is 0 Å². The van der Waals surface area contributed by atoms with E-state index < -0.39 is 120 Å². The first-order valence-corrected chi connectivity index (χ1v) is 34.1. The quantitative estimate of drug-likeness (QED) is 0.0446. The molecule has 6 saturated heterocycles. The van der Waals surface area contributed by atoms with Crippen molar-refractivity contribution in [3.63, 3.8) is 0 Å². The highest BCUT2D eigenvalue weighted by molar-refractivity contribution is 14.2. The number of thiol groups is 1. The molecule has 1 aliphatic carbocycles. The molecule has 18 nitrogen and oxygen atoms in total. The van der Waals surface area contributed by atoms with E-state index in [-0.39, 0.29) is 62.5 Å². The van der Waals surface area contributed by atoms with E-state index in [1.807, 2.05) is 41.4 Å². The van der Waals surface area contributed by atoms with E-state index >= 15 is 0 Å². The zero-order chi connectivity index (χ0) is 50.7. The van der Waals surface area contributed by atoms with Crippen LogP contribution in [0.25, 0.3) is 0 Å². The van der Waals surface area contributed by atoms with Crippen molar-refractivity contribution in [1.29, 1.82) is 5.23 Å². The molecule has 0 aromatic carbocycles. The van der Waals surface area contributed by atoms with Gasteiger partial charge in [-0.05, 0) is 77.3 Å². The van der Waals surface area contributed by atoms with Crippen LogP contribution in [-0.4, -0.2) is 193 Å². The highest BCUT2D eigenvalue weighted by atomic mass is 127. The lowest BCUT2D eigenvalue weighted by Gasteiger charge is -2.34. The Labute approximate surface area is 417 Å². The lowest BCUT2D eigenvalue weighted by atomic mass is 10.1. The largest absolute Gasteiger partial charge is 0.780 e. The van der Waals surface area contributed by atoms with Crippen LogP contribution in [0.3, 0.4) is 0 Å². The molecule has 0 aromatic rings. The molecule has 379 valence electrons. The Kier molecular flexibility index (Phi) is 21.7. The van der Waals surface area contributed by atoms with Crippen LogP contribution in [0.15, 0.2) is 0 Å². The Hall–Kier alpha value is 1.85. The molecule has 4 N–H and O–H groups in total. The van der Waals surface area contributed by atoms with Crippen molar-refractivity contribution < 1.29 is 79.1 Å². The molecule has 27 heteroatoms. The maximum Gasteiger partial charge on any atom is 0.328 e. The number of hydrogen-bond acceptors (Lipinski definition) is 20. The molecule has 1 saturated carbocycles. The number of fused-ring (bicyclic) bond motifs is 1. The van der Waals surface area contributed by atoms with Gasteiger partial charge in [0.25, 0.3) is 0 Å². The summed E-state index contributed by atoms with van der Waals surface area (Å²) in [5.74, 6) is -0.478. The second-order valence-corrected chi connectivity index (χ2v) is 30.8. The number of ether oxygens (including phenoxy) is 7. The molecule has 1 radical (unpaired) electrons. The van der Waals surface area contributed by atoms with Gasteiger partial charge in [-0.15, -0.1) is 0 Å². The standard InChI is InChI=1S/C25H45BINO10PS2.C12H23O7PS.CH7BSi/c1-4-28-11-19-22(23-24(34-19)36-25(35-23)7-5-6-8-25)38-39(40,31-12-20-17(29)9-15(2)32-20)37-18-10-16(3)33-21(18)13-41(14-26)27-30;1-7-3-9(14)12(18-7)6-16-20(15,21)19-10-4-8(2)17-11(10)5-13;1-2-3/h15-24,26,28-29,41H,4-14H2,1-3H3;7-14H,3-6H2,1-2H3,(H,15,21);2H,1,3H3/p-1/t15?,16?,17?,18?,19-,20?,21?,22?,23-,24-,39?;;/m1../s1/i26T,29T,41D;;2D. The highest BCUT2D eigenvalue weighted by Crippen LogP contribution is 2.58. The third kappa shape index (κ3) is 16.9. The van der Waals surface area contributed by atoms with Crippen LogP contribution < -0.4 is 10.2 Å². The minimum atomic E-state index is -3.72. The Morgan fingerprint density at radius 3 is 2.14 bits per heavy atom. The molecule has 16 unspecified atom stereocenters. The maximum absolute atomic E-state index is 12.2. The summed E-state index contributed by atoms with van der Waals surface area (Å²) >= 11 is 9.31. The van der Waals surface area contributed by atoms with Gasteiger partial charge < -0.3 is 76.8 Å². The lowest BCUT2D eigenvalue weighted by molar-refractivity contribution is -0.228. The van der Waals surface area contributed by atoms with Crippen molar-refractivity contribution in [3.8, 4) is 0 Å². The van der Waals surface area contributed by atoms with Gasteiger partial charge in [-0.2, -0.15) is 7.97 Å².